The van der Waals surface area contributed by atoms with Gasteiger partial charge in [-0.25, -0.2) is 9.59 Å². The second kappa shape index (κ2) is 6.63. The van der Waals surface area contributed by atoms with Gasteiger partial charge in [0.2, 0.25) is 0 Å². The summed E-state index contributed by atoms with van der Waals surface area (Å²) in [6.45, 7) is 3.82. The molecule has 0 unspecified atom stereocenters. The van der Waals surface area contributed by atoms with Crippen molar-refractivity contribution >= 4 is 18.0 Å². The van der Waals surface area contributed by atoms with E-state index in [-0.39, 0.29) is 25.2 Å². The normalized spacial score (nSPS) is 18.2. The highest BCUT2D eigenvalue weighted by atomic mass is 16.5. The van der Waals surface area contributed by atoms with E-state index in [1.807, 2.05) is 0 Å². The van der Waals surface area contributed by atoms with Crippen molar-refractivity contribution in [1.29, 1.82) is 0 Å². The molecule has 0 bridgehead atoms. The van der Waals surface area contributed by atoms with Crippen molar-refractivity contribution < 1.29 is 23.9 Å². The van der Waals surface area contributed by atoms with E-state index in [0.717, 1.165) is 0 Å². The molecule has 100 valence electrons. The molecule has 1 aliphatic heterocycles. The standard InChI is InChI=1S/C11H16N2O5/c1-3-17-9(14)5-8-7(10(15)18-4-2)6-12-11(16)13-8/h6,8H,3-5H2,1-2H3,(H2,12,13,16)/t8-/m0/s1. The third-order valence-electron chi connectivity index (χ3n) is 2.23. The summed E-state index contributed by atoms with van der Waals surface area (Å²) in [7, 11) is 0. The van der Waals surface area contributed by atoms with Crippen molar-refractivity contribution in [2.75, 3.05) is 13.2 Å². The van der Waals surface area contributed by atoms with E-state index in [1.165, 1.54) is 6.20 Å². The molecule has 1 atom stereocenters. The maximum absolute atomic E-state index is 11.6. The number of ether oxygens (including phenoxy) is 2. The summed E-state index contributed by atoms with van der Waals surface area (Å²) in [5.41, 5.74) is 0.199. The highest BCUT2D eigenvalue weighted by Gasteiger charge is 2.29. The maximum Gasteiger partial charge on any atom is 0.337 e. The Labute approximate surface area is 105 Å². The molecule has 1 aliphatic rings. The Morgan fingerprint density at radius 1 is 1.28 bits per heavy atom. The van der Waals surface area contributed by atoms with Crippen molar-refractivity contribution in [3.05, 3.63) is 11.8 Å². The third-order valence-corrected chi connectivity index (χ3v) is 2.23. The van der Waals surface area contributed by atoms with Gasteiger partial charge < -0.3 is 20.1 Å². The highest BCUT2D eigenvalue weighted by Crippen LogP contribution is 2.12. The first kappa shape index (κ1) is 14.0. The second-order valence-corrected chi connectivity index (χ2v) is 3.50. The topological polar surface area (TPSA) is 93.7 Å². The molecule has 0 aliphatic carbocycles. The van der Waals surface area contributed by atoms with Crippen LogP contribution in [0.15, 0.2) is 11.8 Å². The summed E-state index contributed by atoms with van der Waals surface area (Å²) < 4.78 is 9.62. The molecular weight excluding hydrogens is 240 g/mol. The predicted molar refractivity (Wildman–Crippen MR) is 61.4 cm³/mol. The molecule has 0 radical (unpaired) electrons. The van der Waals surface area contributed by atoms with Gasteiger partial charge >= 0.3 is 18.0 Å². The Bertz CT molecular complexity index is 378. The number of rotatable bonds is 5. The molecular formula is C11H16N2O5. The van der Waals surface area contributed by atoms with Crippen molar-refractivity contribution in [3.63, 3.8) is 0 Å². The van der Waals surface area contributed by atoms with Gasteiger partial charge in [-0.15, -0.1) is 0 Å². The first-order valence-corrected chi connectivity index (χ1v) is 5.68. The van der Waals surface area contributed by atoms with E-state index in [2.05, 4.69) is 10.6 Å². The average molecular weight is 256 g/mol. The molecule has 2 N–H and O–H groups in total. The molecule has 0 aromatic heterocycles. The first-order chi connectivity index (χ1) is 8.58. The van der Waals surface area contributed by atoms with Crippen LogP contribution < -0.4 is 10.6 Å². The number of carbonyl (C=O) groups is 3. The maximum atomic E-state index is 11.6. The van der Waals surface area contributed by atoms with Crippen molar-refractivity contribution in [3.8, 4) is 0 Å². The smallest absolute Gasteiger partial charge is 0.337 e. The van der Waals surface area contributed by atoms with Crippen LogP contribution in [0.2, 0.25) is 0 Å². The Hall–Kier alpha value is -2.05. The fourth-order valence-corrected chi connectivity index (χ4v) is 1.48. The molecule has 0 aromatic rings. The number of nitrogens with one attached hydrogen (secondary N) is 2. The van der Waals surface area contributed by atoms with Gasteiger partial charge in [0.1, 0.15) is 0 Å². The van der Waals surface area contributed by atoms with E-state index in [1.54, 1.807) is 13.8 Å². The molecule has 0 aromatic carbocycles. The number of amides is 2. The molecule has 0 spiro atoms. The van der Waals surface area contributed by atoms with E-state index >= 15 is 0 Å². The lowest BCUT2D eigenvalue weighted by molar-refractivity contribution is -0.143. The molecule has 0 saturated carbocycles. The summed E-state index contributed by atoms with van der Waals surface area (Å²) in [4.78, 5) is 34.2. The molecule has 2 amide bonds. The van der Waals surface area contributed by atoms with Crippen LogP contribution in [-0.4, -0.2) is 37.2 Å². The Kier molecular flexibility index (Phi) is 5.16. The fraction of sp³-hybridized carbons (Fsp3) is 0.545. The average Bonchev–Trinajstić information content (AvgIpc) is 2.29. The highest BCUT2D eigenvalue weighted by molar-refractivity contribution is 5.94. The van der Waals surface area contributed by atoms with Gasteiger partial charge in [-0.3, -0.25) is 4.79 Å². The summed E-state index contributed by atoms with van der Waals surface area (Å²) in [5.74, 6) is -1.06. The summed E-state index contributed by atoms with van der Waals surface area (Å²) >= 11 is 0. The Balaban J connectivity index is 2.74. The van der Waals surface area contributed by atoms with Crippen LogP contribution in [0.25, 0.3) is 0 Å². The predicted octanol–water partition coefficient (Wildman–Crippen LogP) is 0.0680. The molecule has 18 heavy (non-hydrogen) atoms. The minimum Gasteiger partial charge on any atom is -0.466 e. The lowest BCUT2D eigenvalue weighted by atomic mass is 10.0. The minimum absolute atomic E-state index is 0.105. The van der Waals surface area contributed by atoms with Crippen LogP contribution in [-0.2, 0) is 19.1 Å². The number of esters is 2. The van der Waals surface area contributed by atoms with Gasteiger partial charge in [0.05, 0.1) is 31.2 Å². The largest absolute Gasteiger partial charge is 0.466 e. The number of carbonyl (C=O) groups excluding carboxylic acids is 3. The van der Waals surface area contributed by atoms with Crippen molar-refractivity contribution in [2.24, 2.45) is 0 Å². The quantitative estimate of drug-likeness (QED) is 0.679. The van der Waals surface area contributed by atoms with Gasteiger partial charge in [0.25, 0.3) is 0 Å². The second-order valence-electron chi connectivity index (χ2n) is 3.50. The van der Waals surface area contributed by atoms with E-state index in [4.69, 9.17) is 9.47 Å². The summed E-state index contributed by atoms with van der Waals surface area (Å²) in [5, 5.41) is 4.82. The van der Waals surface area contributed by atoms with Crippen LogP contribution in [0.5, 0.6) is 0 Å². The monoisotopic (exact) mass is 256 g/mol. The molecule has 7 nitrogen and oxygen atoms in total. The Morgan fingerprint density at radius 2 is 1.94 bits per heavy atom. The zero-order chi connectivity index (χ0) is 13.5. The zero-order valence-corrected chi connectivity index (χ0v) is 10.3. The van der Waals surface area contributed by atoms with Crippen molar-refractivity contribution in [2.45, 2.75) is 26.3 Å². The van der Waals surface area contributed by atoms with Gasteiger partial charge in [0, 0.05) is 6.20 Å². The number of hydrogen-bond donors (Lipinski definition) is 2. The molecule has 0 saturated heterocycles. The fourth-order valence-electron chi connectivity index (χ4n) is 1.48. The lowest BCUT2D eigenvalue weighted by Crippen LogP contribution is -2.48. The lowest BCUT2D eigenvalue weighted by Gasteiger charge is -2.23. The van der Waals surface area contributed by atoms with Crippen LogP contribution in [0, 0.1) is 0 Å². The molecule has 1 heterocycles. The van der Waals surface area contributed by atoms with Crippen LogP contribution in [0.3, 0.4) is 0 Å². The van der Waals surface area contributed by atoms with Crippen LogP contribution in [0.1, 0.15) is 20.3 Å². The van der Waals surface area contributed by atoms with Crippen LogP contribution in [0.4, 0.5) is 4.79 Å². The van der Waals surface area contributed by atoms with E-state index in [9.17, 15) is 14.4 Å². The molecule has 1 rings (SSSR count). The number of urea groups is 1. The summed E-state index contributed by atoms with van der Waals surface area (Å²) in [6.07, 6.45) is 1.15. The SMILES string of the molecule is CCOC(=O)C[C@@H]1NC(=O)NC=C1C(=O)OCC. The molecule has 0 fully saturated rings. The number of hydrogen-bond acceptors (Lipinski definition) is 5. The van der Waals surface area contributed by atoms with Gasteiger partial charge in [0.15, 0.2) is 0 Å². The summed E-state index contributed by atoms with van der Waals surface area (Å²) in [6, 6.07) is -1.20. The first-order valence-electron chi connectivity index (χ1n) is 5.68. The third kappa shape index (κ3) is 3.76. The van der Waals surface area contributed by atoms with Gasteiger partial charge in [-0.1, -0.05) is 0 Å². The van der Waals surface area contributed by atoms with Crippen LogP contribution >= 0.6 is 0 Å². The minimum atomic E-state index is -0.725. The van der Waals surface area contributed by atoms with Gasteiger partial charge in [-0.2, -0.15) is 0 Å². The van der Waals surface area contributed by atoms with E-state index in [0.29, 0.717) is 0 Å². The van der Waals surface area contributed by atoms with Crippen molar-refractivity contribution in [1.82, 2.24) is 10.6 Å². The molecule has 7 heteroatoms. The van der Waals surface area contributed by atoms with Gasteiger partial charge in [-0.05, 0) is 13.8 Å². The zero-order valence-electron chi connectivity index (χ0n) is 10.3. The van der Waals surface area contributed by atoms with E-state index < -0.39 is 24.0 Å². The Morgan fingerprint density at radius 3 is 2.56 bits per heavy atom.